The molecule has 0 saturated heterocycles. The van der Waals surface area contributed by atoms with Crippen LogP contribution in [0.5, 0.6) is 11.5 Å². The van der Waals surface area contributed by atoms with E-state index in [2.05, 4.69) is 21.6 Å². The Balaban J connectivity index is 2.05. The maximum atomic E-state index is 12.3. The summed E-state index contributed by atoms with van der Waals surface area (Å²) >= 11 is 7.74. The van der Waals surface area contributed by atoms with Crippen molar-refractivity contribution < 1.29 is 14.3 Å². The third-order valence-corrected chi connectivity index (χ3v) is 4.94. The van der Waals surface area contributed by atoms with Crippen LogP contribution in [0.15, 0.2) is 29.6 Å². The molecule has 0 saturated carbocycles. The Bertz CT molecular complexity index is 707. The lowest BCUT2D eigenvalue weighted by Gasteiger charge is -2.23. The number of likely N-dealkylation sites (N-methyl/N-ethyl adjacent to an activating group) is 1. The number of hydrogen-bond donors (Lipinski definition) is 2. The highest BCUT2D eigenvalue weighted by Gasteiger charge is 2.17. The number of carbonyl (C=O) groups is 1. The zero-order valence-electron chi connectivity index (χ0n) is 14.6. The normalized spacial score (nSPS) is 11.9. The highest BCUT2D eigenvalue weighted by molar-refractivity contribution is 7.10. The number of anilines is 1. The second-order valence-electron chi connectivity index (χ2n) is 5.52. The number of thiophene rings is 1. The van der Waals surface area contributed by atoms with E-state index in [1.54, 1.807) is 23.5 Å². The Labute approximate surface area is 156 Å². The standard InChI is InChI=1S/C17H22ClN3O3S/c1-21(2)13(16-6-5-7-25-16)10-19-17(22)20-12-9-14(23-3)11(18)8-15(12)24-4/h5-9,13H,10H2,1-4H3,(H2,19,20,22)/t13-/m1/s1. The Kier molecular flexibility index (Phi) is 6.92. The molecular formula is C17H22ClN3O3S. The molecule has 0 spiro atoms. The first-order chi connectivity index (χ1) is 12.0. The number of nitrogens with one attached hydrogen (secondary N) is 2. The van der Waals surface area contributed by atoms with Gasteiger partial charge in [-0.1, -0.05) is 17.7 Å². The van der Waals surface area contributed by atoms with Gasteiger partial charge in [-0.15, -0.1) is 11.3 Å². The van der Waals surface area contributed by atoms with Crippen molar-refractivity contribution in [3.05, 3.63) is 39.5 Å². The van der Waals surface area contributed by atoms with Gasteiger partial charge in [0.05, 0.1) is 31.0 Å². The molecule has 0 aliphatic rings. The first-order valence-corrected chi connectivity index (χ1v) is 8.88. The van der Waals surface area contributed by atoms with Crippen LogP contribution in [0, 0.1) is 0 Å². The fraction of sp³-hybridized carbons (Fsp3) is 0.353. The smallest absolute Gasteiger partial charge is 0.319 e. The zero-order chi connectivity index (χ0) is 18.4. The van der Waals surface area contributed by atoms with Gasteiger partial charge < -0.3 is 25.0 Å². The van der Waals surface area contributed by atoms with Gasteiger partial charge in [-0.25, -0.2) is 4.79 Å². The van der Waals surface area contributed by atoms with Crippen LogP contribution in [0.3, 0.4) is 0 Å². The number of amides is 2. The van der Waals surface area contributed by atoms with E-state index >= 15 is 0 Å². The summed E-state index contributed by atoms with van der Waals surface area (Å²) in [5.74, 6) is 0.922. The number of rotatable bonds is 7. The summed E-state index contributed by atoms with van der Waals surface area (Å²) in [5.41, 5.74) is 0.485. The molecule has 1 aromatic carbocycles. The van der Waals surface area contributed by atoms with Crippen molar-refractivity contribution in [3.63, 3.8) is 0 Å². The van der Waals surface area contributed by atoms with E-state index in [4.69, 9.17) is 21.1 Å². The number of urea groups is 1. The van der Waals surface area contributed by atoms with Crippen LogP contribution in [-0.2, 0) is 0 Å². The lowest BCUT2D eigenvalue weighted by molar-refractivity contribution is 0.244. The van der Waals surface area contributed by atoms with Gasteiger partial charge in [-0.05, 0) is 25.5 Å². The summed E-state index contributed by atoms with van der Waals surface area (Å²) in [6.07, 6.45) is 0. The summed E-state index contributed by atoms with van der Waals surface area (Å²) in [6.45, 7) is 0.479. The fourth-order valence-corrected chi connectivity index (χ4v) is 3.49. The van der Waals surface area contributed by atoms with Crippen LogP contribution in [0.4, 0.5) is 10.5 Å². The molecule has 2 N–H and O–H groups in total. The average Bonchev–Trinajstić information content (AvgIpc) is 3.10. The number of hydrogen-bond acceptors (Lipinski definition) is 5. The molecule has 0 aliphatic carbocycles. The van der Waals surface area contributed by atoms with E-state index in [1.165, 1.54) is 19.1 Å². The minimum Gasteiger partial charge on any atom is -0.495 e. The largest absolute Gasteiger partial charge is 0.495 e. The molecule has 0 bridgehead atoms. The zero-order valence-corrected chi connectivity index (χ0v) is 16.2. The molecule has 0 unspecified atom stereocenters. The molecule has 2 aromatic rings. The van der Waals surface area contributed by atoms with Crippen molar-refractivity contribution in [3.8, 4) is 11.5 Å². The number of nitrogens with zero attached hydrogens (tertiary/aromatic N) is 1. The lowest BCUT2D eigenvalue weighted by Crippen LogP contribution is -2.36. The summed E-state index contributed by atoms with van der Waals surface area (Å²) in [5, 5.41) is 8.10. The van der Waals surface area contributed by atoms with Gasteiger partial charge in [0.25, 0.3) is 0 Å². The van der Waals surface area contributed by atoms with E-state index < -0.39 is 0 Å². The second-order valence-corrected chi connectivity index (χ2v) is 6.90. The Hall–Kier alpha value is -1.96. The van der Waals surface area contributed by atoms with E-state index in [0.29, 0.717) is 28.8 Å². The van der Waals surface area contributed by atoms with Gasteiger partial charge in [-0.2, -0.15) is 0 Å². The summed E-state index contributed by atoms with van der Waals surface area (Å²) in [4.78, 5) is 15.6. The minimum absolute atomic E-state index is 0.104. The fourth-order valence-electron chi connectivity index (χ4n) is 2.33. The van der Waals surface area contributed by atoms with Crippen molar-refractivity contribution in [2.45, 2.75) is 6.04 Å². The summed E-state index contributed by atoms with van der Waals surface area (Å²) < 4.78 is 10.4. The van der Waals surface area contributed by atoms with Crippen molar-refractivity contribution in [2.75, 3.05) is 40.2 Å². The van der Waals surface area contributed by atoms with Crippen LogP contribution >= 0.6 is 22.9 Å². The van der Waals surface area contributed by atoms with Gasteiger partial charge >= 0.3 is 6.03 Å². The predicted octanol–water partition coefficient (Wildman–Crippen LogP) is 3.84. The number of methoxy groups -OCH3 is 2. The van der Waals surface area contributed by atoms with Gasteiger partial charge in [0, 0.05) is 23.6 Å². The second kappa shape index (κ2) is 8.94. The van der Waals surface area contributed by atoms with Gasteiger partial charge in [0.2, 0.25) is 0 Å². The highest BCUT2D eigenvalue weighted by Crippen LogP contribution is 2.35. The first-order valence-electron chi connectivity index (χ1n) is 7.62. The van der Waals surface area contributed by atoms with Crippen LogP contribution < -0.4 is 20.1 Å². The maximum Gasteiger partial charge on any atom is 0.319 e. The van der Waals surface area contributed by atoms with Crippen molar-refractivity contribution in [1.29, 1.82) is 0 Å². The predicted molar refractivity (Wildman–Crippen MR) is 102 cm³/mol. The van der Waals surface area contributed by atoms with Gasteiger partial charge in [-0.3, -0.25) is 0 Å². The molecule has 0 fully saturated rings. The third kappa shape index (κ3) is 5.01. The molecule has 1 atom stereocenters. The maximum absolute atomic E-state index is 12.3. The summed E-state index contributed by atoms with van der Waals surface area (Å²) in [6, 6.07) is 7.07. The van der Waals surface area contributed by atoms with E-state index in [9.17, 15) is 4.79 Å². The molecule has 0 aliphatic heterocycles. The minimum atomic E-state index is -0.328. The Morgan fingerprint density at radius 2 is 2.00 bits per heavy atom. The molecule has 8 heteroatoms. The Morgan fingerprint density at radius 1 is 1.28 bits per heavy atom. The lowest BCUT2D eigenvalue weighted by atomic mass is 10.2. The van der Waals surface area contributed by atoms with Crippen molar-refractivity contribution in [2.24, 2.45) is 0 Å². The molecule has 1 aromatic heterocycles. The molecule has 2 rings (SSSR count). The monoisotopic (exact) mass is 383 g/mol. The number of ether oxygens (including phenoxy) is 2. The van der Waals surface area contributed by atoms with Gasteiger partial charge in [0.1, 0.15) is 11.5 Å². The SMILES string of the molecule is COc1cc(NC(=O)NC[C@H](c2cccs2)N(C)C)c(OC)cc1Cl. The Morgan fingerprint density at radius 3 is 2.56 bits per heavy atom. The van der Waals surface area contributed by atoms with Crippen molar-refractivity contribution >= 4 is 34.7 Å². The molecular weight excluding hydrogens is 362 g/mol. The van der Waals surface area contributed by atoms with Gasteiger partial charge in [0.15, 0.2) is 0 Å². The molecule has 6 nitrogen and oxygen atoms in total. The number of benzene rings is 1. The van der Waals surface area contributed by atoms with Crippen LogP contribution in [0.2, 0.25) is 5.02 Å². The molecule has 2 amide bonds. The molecule has 0 radical (unpaired) electrons. The number of halogens is 1. The topological polar surface area (TPSA) is 62.8 Å². The van der Waals surface area contributed by atoms with Crippen LogP contribution in [0.1, 0.15) is 10.9 Å². The summed E-state index contributed by atoms with van der Waals surface area (Å²) in [7, 11) is 6.99. The number of carbonyl (C=O) groups excluding carboxylic acids is 1. The average molecular weight is 384 g/mol. The first kappa shape index (κ1) is 19.4. The highest BCUT2D eigenvalue weighted by atomic mass is 35.5. The molecule has 1 heterocycles. The van der Waals surface area contributed by atoms with E-state index in [0.717, 1.165) is 0 Å². The van der Waals surface area contributed by atoms with Crippen LogP contribution in [0.25, 0.3) is 0 Å². The van der Waals surface area contributed by atoms with E-state index in [1.807, 2.05) is 25.5 Å². The van der Waals surface area contributed by atoms with Crippen LogP contribution in [-0.4, -0.2) is 45.8 Å². The molecule has 25 heavy (non-hydrogen) atoms. The van der Waals surface area contributed by atoms with E-state index in [-0.39, 0.29) is 12.1 Å². The van der Waals surface area contributed by atoms with Crippen molar-refractivity contribution in [1.82, 2.24) is 10.2 Å². The third-order valence-electron chi connectivity index (χ3n) is 3.67. The molecule has 136 valence electrons. The quantitative estimate of drug-likeness (QED) is 0.762.